The highest BCUT2D eigenvalue weighted by Crippen LogP contribution is 2.46. The van der Waals surface area contributed by atoms with Gasteiger partial charge in [-0.15, -0.1) is 0 Å². The van der Waals surface area contributed by atoms with Crippen molar-refractivity contribution in [1.29, 1.82) is 0 Å². The van der Waals surface area contributed by atoms with E-state index in [1.807, 2.05) is 30.3 Å². The topological polar surface area (TPSA) is 132 Å². The van der Waals surface area contributed by atoms with Gasteiger partial charge < -0.3 is 28.5 Å². The maximum Gasteiger partial charge on any atom is 0.508 e. The minimum absolute atomic E-state index is 0.0599. The van der Waals surface area contributed by atoms with Gasteiger partial charge in [0, 0.05) is 4.91 Å². The number of hydrogen-bond acceptors (Lipinski definition) is 8. The normalized spacial score (nSPS) is 24.6. The lowest BCUT2D eigenvalue weighted by molar-refractivity contribution is -0.257. The third kappa shape index (κ3) is 7.31. The molecule has 1 N–H and O–H groups in total. The van der Waals surface area contributed by atoms with Gasteiger partial charge in [0.15, 0.2) is 14.6 Å². The Bertz CT molecular complexity index is 906. The van der Waals surface area contributed by atoms with Crippen molar-refractivity contribution in [3.8, 4) is 0 Å². The molecule has 200 valence electrons. The van der Waals surface area contributed by atoms with Gasteiger partial charge in [0.25, 0.3) is 0 Å². The number of benzene rings is 1. The summed E-state index contributed by atoms with van der Waals surface area (Å²) in [6, 6.07) is 8.31. The average molecular weight is 522 g/mol. The van der Waals surface area contributed by atoms with E-state index in [1.54, 1.807) is 0 Å². The highest BCUT2D eigenvalue weighted by molar-refractivity contribution is 6.74. The quantitative estimate of drug-likeness (QED) is 0.0981. The summed E-state index contributed by atoms with van der Waals surface area (Å²) in [6.07, 6.45) is -3.64. The summed E-state index contributed by atoms with van der Waals surface area (Å²) in [4.78, 5) is 15.4. The van der Waals surface area contributed by atoms with E-state index in [4.69, 9.17) is 23.4 Å². The molecule has 1 aliphatic rings. The monoisotopic (exact) mass is 521 g/mol. The highest BCUT2D eigenvalue weighted by Gasteiger charge is 2.53. The number of azide groups is 1. The van der Waals surface area contributed by atoms with E-state index in [1.165, 1.54) is 6.08 Å². The Kier molecular flexibility index (Phi) is 11.0. The Hall–Kier alpha value is -2.40. The summed E-state index contributed by atoms with van der Waals surface area (Å²) < 4.78 is 29.4. The Labute approximate surface area is 214 Å². The van der Waals surface area contributed by atoms with Crippen LogP contribution >= 0.6 is 0 Å². The van der Waals surface area contributed by atoms with E-state index in [9.17, 15) is 15.4 Å². The third-order valence-electron chi connectivity index (χ3n) is 7.22. The zero-order chi connectivity index (χ0) is 26.9. The Balaban J connectivity index is 2.42. The number of aliphatic hydroxyl groups excluding tert-OH is 1. The lowest BCUT2D eigenvalue weighted by Gasteiger charge is -2.49. The Morgan fingerprint density at radius 2 is 1.97 bits per heavy atom. The summed E-state index contributed by atoms with van der Waals surface area (Å²) >= 11 is 0. The summed E-state index contributed by atoms with van der Waals surface area (Å²) in [5, 5.41) is 13.9. The zero-order valence-electron chi connectivity index (χ0n) is 22.0. The second-order valence-electron chi connectivity index (χ2n) is 10.1. The molecule has 36 heavy (non-hydrogen) atoms. The molecule has 1 aliphatic heterocycles. The maximum absolute atomic E-state index is 12.5. The molecule has 0 aliphatic carbocycles. The molecule has 1 aromatic carbocycles. The number of rotatable bonds is 12. The molecule has 2 unspecified atom stereocenters. The SMILES string of the molecule is C=CCOC(=O)O[C@@H]1C(N=[N+]=[N-])[C@H](O[Si](C)(C)C(C)(C)C(C)C)OC(CO)[C@H]1OCc1ccccc1. The predicted molar refractivity (Wildman–Crippen MR) is 138 cm³/mol. The van der Waals surface area contributed by atoms with Crippen LogP contribution in [0, 0.1) is 5.92 Å². The number of carbonyl (C=O) groups excluding carboxylic acids is 1. The second kappa shape index (κ2) is 13.2. The van der Waals surface area contributed by atoms with Crippen LogP contribution in [0.5, 0.6) is 0 Å². The van der Waals surface area contributed by atoms with Crippen LogP contribution in [0.25, 0.3) is 10.4 Å². The minimum Gasteiger partial charge on any atom is -0.430 e. The summed E-state index contributed by atoms with van der Waals surface area (Å²) in [5.74, 6) is 0.303. The summed E-state index contributed by atoms with van der Waals surface area (Å²) in [6.45, 7) is 15.8. The predicted octanol–water partition coefficient (Wildman–Crippen LogP) is 5.33. The van der Waals surface area contributed by atoms with Crippen molar-refractivity contribution in [2.24, 2.45) is 11.0 Å². The van der Waals surface area contributed by atoms with E-state index in [0.717, 1.165) is 5.56 Å². The molecule has 5 atom stereocenters. The van der Waals surface area contributed by atoms with Crippen molar-refractivity contribution < 1.29 is 33.3 Å². The number of carbonyl (C=O) groups is 1. The van der Waals surface area contributed by atoms with Crippen LogP contribution in [0.2, 0.25) is 18.1 Å². The van der Waals surface area contributed by atoms with Gasteiger partial charge in [0.2, 0.25) is 0 Å². The molecule has 2 rings (SSSR count). The lowest BCUT2D eigenvalue weighted by atomic mass is 9.97. The van der Waals surface area contributed by atoms with Crippen LogP contribution in [0.15, 0.2) is 48.1 Å². The summed E-state index contributed by atoms with van der Waals surface area (Å²) in [5.41, 5.74) is 10.2. The number of ether oxygens (including phenoxy) is 4. The minimum atomic E-state index is -2.49. The molecule has 1 heterocycles. The first-order valence-corrected chi connectivity index (χ1v) is 15.0. The lowest BCUT2D eigenvalue weighted by Crippen LogP contribution is -2.63. The van der Waals surface area contributed by atoms with E-state index in [-0.39, 0.29) is 18.3 Å². The second-order valence-corrected chi connectivity index (χ2v) is 14.7. The maximum atomic E-state index is 12.5. The van der Waals surface area contributed by atoms with E-state index < -0.39 is 51.7 Å². The van der Waals surface area contributed by atoms with E-state index >= 15 is 0 Å². The first kappa shape index (κ1) is 29.8. The number of aliphatic hydroxyl groups is 1. The highest BCUT2D eigenvalue weighted by atomic mass is 28.4. The van der Waals surface area contributed by atoms with Crippen molar-refractivity contribution in [1.82, 2.24) is 0 Å². The fourth-order valence-electron chi connectivity index (χ4n) is 3.83. The van der Waals surface area contributed by atoms with Gasteiger partial charge in [0.1, 0.15) is 31.0 Å². The van der Waals surface area contributed by atoms with Gasteiger partial charge in [-0.05, 0) is 35.1 Å². The van der Waals surface area contributed by atoms with Crippen LogP contribution < -0.4 is 0 Å². The van der Waals surface area contributed by atoms with Gasteiger partial charge in [-0.25, -0.2) is 4.79 Å². The molecular weight excluding hydrogens is 482 g/mol. The van der Waals surface area contributed by atoms with Crippen molar-refractivity contribution in [2.45, 2.75) is 83.1 Å². The zero-order valence-corrected chi connectivity index (χ0v) is 23.0. The molecule has 0 bridgehead atoms. The van der Waals surface area contributed by atoms with Crippen LogP contribution in [0.1, 0.15) is 33.3 Å². The summed E-state index contributed by atoms with van der Waals surface area (Å²) in [7, 11) is -2.49. The van der Waals surface area contributed by atoms with Gasteiger partial charge in [-0.3, -0.25) is 0 Å². The van der Waals surface area contributed by atoms with Gasteiger partial charge in [0.05, 0.1) is 13.2 Å². The molecule has 1 aromatic rings. The van der Waals surface area contributed by atoms with Crippen LogP contribution in [0.3, 0.4) is 0 Å². The molecule has 11 heteroatoms. The van der Waals surface area contributed by atoms with Crippen molar-refractivity contribution in [3.05, 3.63) is 59.0 Å². The smallest absolute Gasteiger partial charge is 0.430 e. The Morgan fingerprint density at radius 1 is 1.31 bits per heavy atom. The van der Waals surface area contributed by atoms with Gasteiger partial charge in [-0.2, -0.15) is 0 Å². The van der Waals surface area contributed by atoms with Gasteiger partial charge >= 0.3 is 6.16 Å². The molecule has 0 radical (unpaired) electrons. The Morgan fingerprint density at radius 3 is 2.53 bits per heavy atom. The molecule has 1 fully saturated rings. The molecule has 10 nitrogen and oxygen atoms in total. The standard InChI is InChI=1S/C25H39N3O7Si/c1-8-14-31-24(30)34-22-20(27-28-26)23(35-36(6,7)25(4,5)17(2)3)33-19(15-29)21(22)32-16-18-12-10-9-11-13-18/h8-13,17,19-23,29H,1,14-16H2,2-7H3/t19?,20?,21-,22-,23+/m1/s1. The number of nitrogens with zero attached hydrogens (tertiary/aromatic N) is 3. The van der Waals surface area contributed by atoms with Crippen LogP contribution in [-0.2, 0) is 30.0 Å². The van der Waals surface area contributed by atoms with Crippen molar-refractivity contribution in [2.75, 3.05) is 13.2 Å². The van der Waals surface area contributed by atoms with E-state index in [0.29, 0.717) is 5.92 Å². The van der Waals surface area contributed by atoms with Crippen LogP contribution in [0.4, 0.5) is 4.79 Å². The van der Waals surface area contributed by atoms with Crippen molar-refractivity contribution >= 4 is 14.5 Å². The number of hydrogen-bond donors (Lipinski definition) is 1. The molecular formula is C25H39N3O7Si. The first-order valence-electron chi connectivity index (χ1n) is 12.1. The fourth-order valence-corrected chi connectivity index (χ4v) is 6.30. The van der Waals surface area contributed by atoms with E-state index in [2.05, 4.69) is 57.4 Å². The molecule has 0 amide bonds. The van der Waals surface area contributed by atoms with Gasteiger partial charge in [-0.1, -0.05) is 75.8 Å². The fraction of sp³-hybridized carbons (Fsp3) is 0.640. The molecule has 1 saturated heterocycles. The molecule has 0 aromatic heterocycles. The first-order chi connectivity index (χ1) is 17.0. The average Bonchev–Trinajstić information content (AvgIpc) is 2.84. The molecule has 0 spiro atoms. The third-order valence-corrected chi connectivity index (χ3v) is 11.7. The van der Waals surface area contributed by atoms with Crippen LogP contribution in [-0.4, -0.2) is 63.4 Å². The largest absolute Gasteiger partial charge is 0.508 e. The van der Waals surface area contributed by atoms with Crippen molar-refractivity contribution in [3.63, 3.8) is 0 Å². The molecule has 0 saturated carbocycles.